The topological polar surface area (TPSA) is 53.8 Å². The van der Waals surface area contributed by atoms with Crippen LogP contribution in [0.1, 0.15) is 10.4 Å². The fourth-order valence-electron chi connectivity index (χ4n) is 3.25. The molecule has 1 amide bonds. The molecule has 2 aromatic carbocycles. The highest BCUT2D eigenvalue weighted by molar-refractivity contribution is 6.34. The number of hydrogen-bond acceptors (Lipinski definition) is 4. The molecule has 4 rings (SSSR count). The SMILES string of the molecule is O=C(c1cc2cccc(Cl)c2oc1=O)N1CCN(c2ccc(F)cc2)CC1. The predicted octanol–water partition coefficient (Wildman–Crippen LogP) is 3.55. The van der Waals surface area contributed by atoms with Gasteiger partial charge in [0.15, 0.2) is 5.58 Å². The summed E-state index contributed by atoms with van der Waals surface area (Å²) in [6.45, 7) is 2.12. The molecule has 0 aliphatic carbocycles. The highest BCUT2D eigenvalue weighted by Crippen LogP contribution is 2.23. The van der Waals surface area contributed by atoms with Crippen molar-refractivity contribution in [3.8, 4) is 0 Å². The van der Waals surface area contributed by atoms with E-state index >= 15 is 0 Å². The smallest absolute Gasteiger partial charge is 0.349 e. The fourth-order valence-corrected chi connectivity index (χ4v) is 3.47. The first kappa shape index (κ1) is 17.5. The molecule has 3 aromatic rings. The molecule has 5 nitrogen and oxygen atoms in total. The van der Waals surface area contributed by atoms with Crippen molar-refractivity contribution in [1.82, 2.24) is 4.90 Å². The second-order valence-corrected chi connectivity index (χ2v) is 6.77. The highest BCUT2D eigenvalue weighted by Gasteiger charge is 2.25. The molecular formula is C20H16ClFN2O3. The Morgan fingerprint density at radius 2 is 1.74 bits per heavy atom. The lowest BCUT2D eigenvalue weighted by Gasteiger charge is -2.36. The average Bonchev–Trinajstić information content (AvgIpc) is 2.68. The Morgan fingerprint density at radius 3 is 2.44 bits per heavy atom. The van der Waals surface area contributed by atoms with Gasteiger partial charge in [0.25, 0.3) is 5.91 Å². The van der Waals surface area contributed by atoms with Crippen molar-refractivity contribution in [3.63, 3.8) is 0 Å². The van der Waals surface area contributed by atoms with Gasteiger partial charge in [-0.25, -0.2) is 9.18 Å². The lowest BCUT2D eigenvalue weighted by molar-refractivity contribution is 0.0742. The van der Waals surface area contributed by atoms with Crippen molar-refractivity contribution in [3.05, 3.63) is 75.4 Å². The maximum Gasteiger partial charge on any atom is 0.349 e. The standard InChI is InChI=1S/C20H16ClFN2O3/c21-17-3-1-2-13-12-16(20(26)27-18(13)17)19(25)24-10-8-23(9-11-24)15-6-4-14(22)5-7-15/h1-7,12H,8-11H2. The number of piperazine rings is 1. The van der Waals surface area contributed by atoms with Gasteiger partial charge in [0, 0.05) is 37.3 Å². The number of benzene rings is 2. The van der Waals surface area contributed by atoms with E-state index < -0.39 is 5.63 Å². The number of anilines is 1. The first-order valence-electron chi connectivity index (χ1n) is 8.55. The number of carbonyl (C=O) groups is 1. The first-order chi connectivity index (χ1) is 13.0. The van der Waals surface area contributed by atoms with Crippen LogP contribution in [0.5, 0.6) is 0 Å². The number of amides is 1. The number of halogens is 2. The third kappa shape index (κ3) is 3.40. The quantitative estimate of drug-likeness (QED) is 0.632. The minimum absolute atomic E-state index is 0.00000106. The number of fused-ring (bicyclic) bond motifs is 1. The van der Waals surface area contributed by atoms with E-state index in [2.05, 4.69) is 4.90 Å². The van der Waals surface area contributed by atoms with Crippen LogP contribution in [-0.2, 0) is 0 Å². The first-order valence-corrected chi connectivity index (χ1v) is 8.93. The summed E-state index contributed by atoms with van der Waals surface area (Å²) in [4.78, 5) is 28.8. The normalized spacial score (nSPS) is 14.6. The molecule has 7 heteroatoms. The van der Waals surface area contributed by atoms with Crippen LogP contribution in [0.4, 0.5) is 10.1 Å². The van der Waals surface area contributed by atoms with Crippen molar-refractivity contribution in [1.29, 1.82) is 0 Å². The number of nitrogens with zero attached hydrogens (tertiary/aromatic N) is 2. The molecule has 0 spiro atoms. The zero-order valence-corrected chi connectivity index (χ0v) is 15.1. The number of hydrogen-bond donors (Lipinski definition) is 0. The molecule has 1 fully saturated rings. The van der Waals surface area contributed by atoms with E-state index in [0.717, 1.165) is 5.69 Å². The van der Waals surface area contributed by atoms with Crippen LogP contribution in [0.2, 0.25) is 5.02 Å². The van der Waals surface area contributed by atoms with Gasteiger partial charge in [-0.3, -0.25) is 4.79 Å². The van der Waals surface area contributed by atoms with Gasteiger partial charge in [-0.2, -0.15) is 0 Å². The minimum atomic E-state index is -0.693. The Labute approximate surface area is 159 Å². The Morgan fingerprint density at radius 1 is 1.04 bits per heavy atom. The second-order valence-electron chi connectivity index (χ2n) is 6.36. The molecule has 1 aromatic heterocycles. The molecule has 0 saturated carbocycles. The van der Waals surface area contributed by atoms with Crippen molar-refractivity contribution in [2.75, 3.05) is 31.1 Å². The van der Waals surface area contributed by atoms with Gasteiger partial charge in [0.2, 0.25) is 0 Å². The molecule has 27 heavy (non-hydrogen) atoms. The van der Waals surface area contributed by atoms with Crippen molar-refractivity contribution in [2.24, 2.45) is 0 Å². The Hall–Kier alpha value is -2.86. The second kappa shape index (κ2) is 7.04. The summed E-state index contributed by atoms with van der Waals surface area (Å²) in [6.07, 6.45) is 0. The summed E-state index contributed by atoms with van der Waals surface area (Å²) in [5, 5.41) is 0.937. The van der Waals surface area contributed by atoms with E-state index in [1.807, 2.05) is 0 Å². The molecular weight excluding hydrogens is 371 g/mol. The molecule has 1 aliphatic rings. The monoisotopic (exact) mass is 386 g/mol. The molecule has 0 bridgehead atoms. The van der Waals surface area contributed by atoms with E-state index in [0.29, 0.717) is 36.6 Å². The third-order valence-corrected chi connectivity index (χ3v) is 5.00. The summed E-state index contributed by atoms with van der Waals surface area (Å²) in [5.41, 5.74) is 0.492. The molecule has 0 unspecified atom stereocenters. The molecule has 1 aliphatic heterocycles. The van der Waals surface area contributed by atoms with E-state index in [-0.39, 0.29) is 22.9 Å². The summed E-state index contributed by atoms with van der Waals surface area (Å²) >= 11 is 6.04. The van der Waals surface area contributed by atoms with Gasteiger partial charge in [0.1, 0.15) is 11.4 Å². The van der Waals surface area contributed by atoms with Crippen molar-refractivity contribution >= 4 is 34.2 Å². The summed E-state index contributed by atoms with van der Waals surface area (Å²) in [7, 11) is 0. The van der Waals surface area contributed by atoms with Crippen LogP contribution in [-0.4, -0.2) is 37.0 Å². The fraction of sp³-hybridized carbons (Fsp3) is 0.200. The van der Waals surface area contributed by atoms with E-state index in [4.69, 9.17) is 16.0 Å². The van der Waals surface area contributed by atoms with Crippen LogP contribution >= 0.6 is 11.6 Å². The van der Waals surface area contributed by atoms with Gasteiger partial charge in [-0.15, -0.1) is 0 Å². The zero-order valence-electron chi connectivity index (χ0n) is 14.3. The van der Waals surface area contributed by atoms with Crippen LogP contribution in [0.25, 0.3) is 11.0 Å². The van der Waals surface area contributed by atoms with Gasteiger partial charge in [-0.1, -0.05) is 23.7 Å². The van der Waals surface area contributed by atoms with Gasteiger partial charge < -0.3 is 14.2 Å². The largest absolute Gasteiger partial charge is 0.421 e. The van der Waals surface area contributed by atoms with Crippen molar-refractivity contribution in [2.45, 2.75) is 0 Å². The van der Waals surface area contributed by atoms with Crippen molar-refractivity contribution < 1.29 is 13.6 Å². The van der Waals surface area contributed by atoms with Crippen LogP contribution < -0.4 is 10.5 Å². The number of rotatable bonds is 2. The molecule has 2 heterocycles. The van der Waals surface area contributed by atoms with Crippen LogP contribution in [0.15, 0.2) is 57.7 Å². The van der Waals surface area contributed by atoms with Gasteiger partial charge in [0.05, 0.1) is 5.02 Å². The molecule has 1 saturated heterocycles. The summed E-state index contributed by atoms with van der Waals surface area (Å²) in [5.74, 6) is -0.639. The lowest BCUT2D eigenvalue weighted by atomic mass is 10.1. The zero-order chi connectivity index (χ0) is 19.0. The molecule has 138 valence electrons. The molecule has 0 radical (unpaired) electrons. The maximum absolute atomic E-state index is 13.1. The van der Waals surface area contributed by atoms with Gasteiger partial charge >= 0.3 is 5.63 Å². The van der Waals surface area contributed by atoms with Crippen LogP contribution in [0.3, 0.4) is 0 Å². The highest BCUT2D eigenvalue weighted by atomic mass is 35.5. The number of carbonyl (C=O) groups excluding carboxylic acids is 1. The third-order valence-electron chi connectivity index (χ3n) is 4.70. The molecule has 0 atom stereocenters. The minimum Gasteiger partial charge on any atom is -0.421 e. The average molecular weight is 387 g/mol. The summed E-state index contributed by atoms with van der Waals surface area (Å²) < 4.78 is 18.3. The van der Waals surface area contributed by atoms with E-state index in [9.17, 15) is 14.0 Å². The lowest BCUT2D eigenvalue weighted by Crippen LogP contribution is -2.49. The Balaban J connectivity index is 1.53. The van der Waals surface area contributed by atoms with E-state index in [1.54, 1.807) is 35.2 Å². The Kier molecular flexibility index (Phi) is 4.58. The van der Waals surface area contributed by atoms with Crippen LogP contribution in [0, 0.1) is 5.82 Å². The Bertz CT molecular complexity index is 1060. The molecule has 0 N–H and O–H groups in total. The van der Waals surface area contributed by atoms with E-state index in [1.165, 1.54) is 18.2 Å². The maximum atomic E-state index is 13.1. The summed E-state index contributed by atoms with van der Waals surface area (Å²) in [6, 6.07) is 12.9. The van der Waals surface area contributed by atoms with Gasteiger partial charge in [-0.05, 0) is 36.4 Å². The number of para-hydroxylation sites is 1. The predicted molar refractivity (Wildman–Crippen MR) is 102 cm³/mol.